The molecule has 5 nitrogen and oxygen atoms in total. The van der Waals surface area contributed by atoms with E-state index in [1.807, 2.05) is 12.3 Å². The summed E-state index contributed by atoms with van der Waals surface area (Å²) >= 11 is 0. The van der Waals surface area contributed by atoms with Gasteiger partial charge in [-0.2, -0.15) is 0 Å². The van der Waals surface area contributed by atoms with E-state index in [1.165, 1.54) is 25.7 Å². The molecule has 0 bridgehead atoms. The summed E-state index contributed by atoms with van der Waals surface area (Å²) in [7, 11) is 0. The number of guanidine groups is 1. The number of pyridine rings is 1. The first-order chi connectivity index (χ1) is 11.8. The van der Waals surface area contributed by atoms with E-state index in [9.17, 15) is 0 Å². The third kappa shape index (κ3) is 5.39. The number of nitrogens with zero attached hydrogens (tertiary/aromatic N) is 3. The first-order valence-electron chi connectivity index (χ1n) is 9.56. The Morgan fingerprint density at radius 3 is 2.75 bits per heavy atom. The minimum absolute atomic E-state index is 0.506. The van der Waals surface area contributed by atoms with E-state index in [4.69, 9.17) is 4.99 Å². The molecular weight excluding hydrogens is 298 g/mol. The molecule has 0 amide bonds. The van der Waals surface area contributed by atoms with E-state index in [2.05, 4.69) is 39.6 Å². The molecule has 0 spiro atoms. The molecule has 2 aliphatic rings. The zero-order valence-electron chi connectivity index (χ0n) is 14.9. The van der Waals surface area contributed by atoms with Gasteiger partial charge < -0.3 is 15.5 Å². The molecule has 2 heterocycles. The molecule has 0 radical (unpaired) electrons. The Balaban J connectivity index is 1.42. The summed E-state index contributed by atoms with van der Waals surface area (Å²) in [6.07, 6.45) is 9.59. The molecular formula is C19H31N5. The van der Waals surface area contributed by atoms with Crippen LogP contribution in [0.25, 0.3) is 0 Å². The minimum Gasteiger partial charge on any atom is -0.357 e. The van der Waals surface area contributed by atoms with Crippen molar-refractivity contribution in [2.24, 2.45) is 10.9 Å². The van der Waals surface area contributed by atoms with Crippen LogP contribution in [0.15, 0.2) is 29.4 Å². The third-order valence-corrected chi connectivity index (χ3v) is 4.89. The predicted octanol–water partition coefficient (Wildman–Crippen LogP) is 2.80. The van der Waals surface area contributed by atoms with Crippen molar-refractivity contribution >= 4 is 11.8 Å². The van der Waals surface area contributed by atoms with Crippen LogP contribution < -0.4 is 15.5 Å². The van der Waals surface area contributed by atoms with E-state index in [1.54, 1.807) is 0 Å². The molecule has 1 aromatic heterocycles. The maximum Gasteiger partial charge on any atom is 0.191 e. The van der Waals surface area contributed by atoms with Gasteiger partial charge in [0.15, 0.2) is 5.96 Å². The average Bonchev–Trinajstić information content (AvgIpc) is 3.45. The van der Waals surface area contributed by atoms with E-state index >= 15 is 0 Å². The van der Waals surface area contributed by atoms with Gasteiger partial charge in [-0.05, 0) is 50.7 Å². The van der Waals surface area contributed by atoms with Crippen LogP contribution in [0.5, 0.6) is 0 Å². The van der Waals surface area contributed by atoms with Crippen LogP contribution in [0, 0.1) is 5.92 Å². The van der Waals surface area contributed by atoms with Gasteiger partial charge in [-0.15, -0.1) is 0 Å². The van der Waals surface area contributed by atoms with Gasteiger partial charge in [0.1, 0.15) is 5.82 Å². The molecule has 1 aliphatic carbocycles. The van der Waals surface area contributed by atoms with Crippen LogP contribution in [0.4, 0.5) is 5.82 Å². The predicted molar refractivity (Wildman–Crippen MR) is 101 cm³/mol. The molecule has 24 heavy (non-hydrogen) atoms. The van der Waals surface area contributed by atoms with Crippen molar-refractivity contribution in [3.63, 3.8) is 0 Å². The Kier molecular flexibility index (Phi) is 6.33. The fourth-order valence-corrected chi connectivity index (χ4v) is 3.28. The normalized spacial score (nSPS) is 19.4. The highest BCUT2D eigenvalue weighted by molar-refractivity contribution is 5.80. The Hall–Kier alpha value is -1.78. The summed E-state index contributed by atoms with van der Waals surface area (Å²) in [4.78, 5) is 11.6. The van der Waals surface area contributed by atoms with Crippen molar-refractivity contribution in [3.05, 3.63) is 24.4 Å². The van der Waals surface area contributed by atoms with Crippen molar-refractivity contribution in [1.29, 1.82) is 0 Å². The Labute approximate surface area is 146 Å². The number of aliphatic imine (C=N–C) groups is 1. The van der Waals surface area contributed by atoms with E-state index in [-0.39, 0.29) is 0 Å². The van der Waals surface area contributed by atoms with Gasteiger partial charge in [-0.3, -0.25) is 4.99 Å². The quantitative estimate of drug-likeness (QED) is 0.459. The van der Waals surface area contributed by atoms with Crippen molar-refractivity contribution in [3.8, 4) is 0 Å². The number of rotatable bonds is 7. The molecule has 1 aromatic rings. The summed E-state index contributed by atoms with van der Waals surface area (Å²) in [6.45, 7) is 6.09. The molecule has 1 aliphatic heterocycles. The first kappa shape index (κ1) is 17.1. The van der Waals surface area contributed by atoms with E-state index in [0.29, 0.717) is 6.04 Å². The van der Waals surface area contributed by atoms with Gasteiger partial charge >= 0.3 is 0 Å². The highest BCUT2D eigenvalue weighted by Crippen LogP contribution is 2.33. The molecule has 132 valence electrons. The summed E-state index contributed by atoms with van der Waals surface area (Å²) in [5.41, 5.74) is 0. The SMILES string of the molecule is CCNC(=NCCCC1CC1)NC1CCN(c2ccccn2)CC1. The zero-order valence-corrected chi connectivity index (χ0v) is 14.9. The summed E-state index contributed by atoms with van der Waals surface area (Å²) in [5, 5.41) is 7.01. The van der Waals surface area contributed by atoms with Gasteiger partial charge in [-0.25, -0.2) is 4.98 Å². The largest absolute Gasteiger partial charge is 0.357 e. The van der Waals surface area contributed by atoms with Crippen LogP contribution >= 0.6 is 0 Å². The van der Waals surface area contributed by atoms with Crippen molar-refractivity contribution in [2.45, 2.75) is 51.5 Å². The standard InChI is InChI=1S/C19H31N5/c1-2-20-19(22-13-5-6-16-8-9-16)23-17-10-14-24(15-11-17)18-7-3-4-12-21-18/h3-4,7,12,16-17H,2,5-6,8-11,13-15H2,1H3,(H2,20,22,23). The smallest absolute Gasteiger partial charge is 0.191 e. The number of nitrogens with one attached hydrogen (secondary N) is 2. The Morgan fingerprint density at radius 2 is 2.08 bits per heavy atom. The zero-order chi connectivity index (χ0) is 16.6. The number of anilines is 1. The average molecular weight is 329 g/mol. The maximum absolute atomic E-state index is 4.75. The van der Waals surface area contributed by atoms with Gasteiger partial charge in [0, 0.05) is 38.4 Å². The number of hydrogen-bond donors (Lipinski definition) is 2. The van der Waals surface area contributed by atoms with Crippen LogP contribution in [-0.2, 0) is 0 Å². The van der Waals surface area contributed by atoms with Crippen molar-refractivity contribution in [1.82, 2.24) is 15.6 Å². The molecule has 2 N–H and O–H groups in total. The summed E-state index contributed by atoms with van der Waals surface area (Å²) < 4.78 is 0. The van der Waals surface area contributed by atoms with Crippen molar-refractivity contribution < 1.29 is 0 Å². The Bertz CT molecular complexity index is 504. The number of hydrogen-bond acceptors (Lipinski definition) is 3. The van der Waals surface area contributed by atoms with E-state index < -0.39 is 0 Å². The Morgan fingerprint density at radius 1 is 1.25 bits per heavy atom. The molecule has 0 atom stereocenters. The highest BCUT2D eigenvalue weighted by atomic mass is 15.2. The fourth-order valence-electron chi connectivity index (χ4n) is 3.28. The highest BCUT2D eigenvalue weighted by Gasteiger charge is 2.21. The van der Waals surface area contributed by atoms with Crippen LogP contribution in [0.1, 0.15) is 45.4 Å². The maximum atomic E-state index is 4.75. The first-order valence-corrected chi connectivity index (χ1v) is 9.56. The molecule has 5 heteroatoms. The van der Waals surface area contributed by atoms with Crippen LogP contribution in [-0.4, -0.2) is 43.2 Å². The molecule has 1 saturated carbocycles. The second-order valence-corrected chi connectivity index (χ2v) is 6.94. The summed E-state index contributed by atoms with van der Waals surface area (Å²) in [5.74, 6) is 3.09. The molecule has 2 fully saturated rings. The number of aromatic nitrogens is 1. The fraction of sp³-hybridized carbons (Fsp3) is 0.684. The molecule has 0 aromatic carbocycles. The van der Waals surface area contributed by atoms with Crippen LogP contribution in [0.2, 0.25) is 0 Å². The van der Waals surface area contributed by atoms with Crippen molar-refractivity contribution in [2.75, 3.05) is 31.1 Å². The third-order valence-electron chi connectivity index (χ3n) is 4.89. The monoisotopic (exact) mass is 329 g/mol. The number of piperidine rings is 1. The second-order valence-electron chi connectivity index (χ2n) is 6.94. The second kappa shape index (κ2) is 8.90. The lowest BCUT2D eigenvalue weighted by Gasteiger charge is -2.33. The van der Waals surface area contributed by atoms with Crippen LogP contribution in [0.3, 0.4) is 0 Å². The van der Waals surface area contributed by atoms with Gasteiger partial charge in [0.05, 0.1) is 0 Å². The minimum atomic E-state index is 0.506. The lowest BCUT2D eigenvalue weighted by atomic mass is 10.1. The summed E-state index contributed by atoms with van der Waals surface area (Å²) in [6, 6.07) is 6.63. The molecule has 1 saturated heterocycles. The van der Waals surface area contributed by atoms with E-state index in [0.717, 1.165) is 56.7 Å². The lowest BCUT2D eigenvalue weighted by molar-refractivity contribution is 0.459. The van der Waals surface area contributed by atoms with Gasteiger partial charge in [0.2, 0.25) is 0 Å². The lowest BCUT2D eigenvalue weighted by Crippen LogP contribution is -2.49. The van der Waals surface area contributed by atoms with Gasteiger partial charge in [-0.1, -0.05) is 18.9 Å². The molecule has 0 unspecified atom stereocenters. The van der Waals surface area contributed by atoms with Gasteiger partial charge in [0.25, 0.3) is 0 Å². The molecule has 3 rings (SSSR count). The topological polar surface area (TPSA) is 52.6 Å².